The van der Waals surface area contributed by atoms with Crippen LogP contribution in [0.5, 0.6) is 0 Å². The maximum absolute atomic E-state index is 13.2. The van der Waals surface area contributed by atoms with Gasteiger partial charge in [0.1, 0.15) is 18.1 Å². The summed E-state index contributed by atoms with van der Waals surface area (Å²) < 4.78 is 0. The SMILES string of the molecule is CSCCC(NC(=O)C(Cc1cnc[nH]1)NC(=O)C(N)CCC(N)=O)C(=O)NC(CCC(N)=O)C(=O)O. The van der Waals surface area contributed by atoms with E-state index in [0.717, 1.165) is 0 Å². The highest BCUT2D eigenvalue weighted by Crippen LogP contribution is 2.07. The molecule has 0 fully saturated rings. The molecule has 1 heterocycles. The van der Waals surface area contributed by atoms with E-state index in [1.54, 1.807) is 6.26 Å². The third kappa shape index (κ3) is 12.2. The zero-order valence-electron chi connectivity index (χ0n) is 20.4. The van der Waals surface area contributed by atoms with Crippen LogP contribution in [-0.4, -0.2) is 86.8 Å². The van der Waals surface area contributed by atoms with Crippen molar-refractivity contribution < 1.29 is 33.9 Å². The summed E-state index contributed by atoms with van der Waals surface area (Å²) in [5.41, 5.74) is 16.5. The lowest BCUT2D eigenvalue weighted by Crippen LogP contribution is -2.57. The number of imidazole rings is 1. The Kier molecular flexibility index (Phi) is 13.7. The third-order valence-corrected chi connectivity index (χ3v) is 5.83. The molecule has 0 aromatic carbocycles. The number of H-pyrrole nitrogens is 1. The molecule has 0 saturated heterocycles. The summed E-state index contributed by atoms with van der Waals surface area (Å²) >= 11 is 1.40. The molecule has 0 aliphatic rings. The Labute approximate surface area is 217 Å². The van der Waals surface area contributed by atoms with Gasteiger partial charge in [-0.3, -0.25) is 24.0 Å². The van der Waals surface area contributed by atoms with Gasteiger partial charge in [0.25, 0.3) is 0 Å². The van der Waals surface area contributed by atoms with Crippen molar-refractivity contribution >= 4 is 47.3 Å². The summed E-state index contributed by atoms with van der Waals surface area (Å²) in [5, 5.41) is 16.8. The fraction of sp³-hybridized carbons (Fsp3) is 0.571. The molecular weight excluding hydrogens is 508 g/mol. The topological polar surface area (TPSA) is 265 Å². The van der Waals surface area contributed by atoms with Crippen molar-refractivity contribution in [1.29, 1.82) is 0 Å². The number of primary amides is 2. The Morgan fingerprint density at radius 2 is 1.49 bits per heavy atom. The summed E-state index contributed by atoms with van der Waals surface area (Å²) in [6.07, 6.45) is 4.14. The first-order chi connectivity index (χ1) is 17.4. The van der Waals surface area contributed by atoms with Gasteiger partial charge >= 0.3 is 5.97 Å². The molecule has 1 aromatic rings. The van der Waals surface area contributed by atoms with Gasteiger partial charge < -0.3 is 43.2 Å². The molecule has 11 N–H and O–H groups in total. The van der Waals surface area contributed by atoms with Crippen LogP contribution in [0.25, 0.3) is 0 Å². The highest BCUT2D eigenvalue weighted by Gasteiger charge is 2.30. The van der Waals surface area contributed by atoms with Gasteiger partial charge in [-0.2, -0.15) is 11.8 Å². The number of nitrogens with zero attached hydrogens (tertiary/aromatic N) is 1. The minimum absolute atomic E-state index is 0.0205. The maximum Gasteiger partial charge on any atom is 0.326 e. The number of carboxylic acid groups (broad SMARTS) is 1. The van der Waals surface area contributed by atoms with E-state index >= 15 is 0 Å². The summed E-state index contributed by atoms with van der Waals surface area (Å²) in [7, 11) is 0. The predicted molar refractivity (Wildman–Crippen MR) is 134 cm³/mol. The molecule has 4 atom stereocenters. The molecular formula is C21H34N8O7S. The Bertz CT molecular complexity index is 943. The second kappa shape index (κ2) is 16.2. The lowest BCUT2D eigenvalue weighted by atomic mass is 10.1. The summed E-state index contributed by atoms with van der Waals surface area (Å²) in [4.78, 5) is 78.8. The number of rotatable bonds is 18. The van der Waals surface area contributed by atoms with Crippen molar-refractivity contribution in [2.24, 2.45) is 17.2 Å². The summed E-state index contributed by atoms with van der Waals surface area (Å²) in [6, 6.07) is -4.82. The number of carbonyl (C=O) groups excluding carboxylic acids is 5. The number of hydrogen-bond acceptors (Lipinski definition) is 9. The Morgan fingerprint density at radius 3 is 2.03 bits per heavy atom. The highest BCUT2D eigenvalue weighted by molar-refractivity contribution is 7.98. The van der Waals surface area contributed by atoms with Crippen LogP contribution in [0, 0.1) is 0 Å². The average Bonchev–Trinajstić information content (AvgIpc) is 3.34. The van der Waals surface area contributed by atoms with E-state index in [-0.39, 0.29) is 38.5 Å². The van der Waals surface area contributed by atoms with Gasteiger partial charge in [-0.15, -0.1) is 0 Å². The maximum atomic E-state index is 13.2. The summed E-state index contributed by atoms with van der Waals surface area (Å²) in [5.74, 6) is -4.47. The molecule has 1 rings (SSSR count). The number of amides is 5. The average molecular weight is 543 g/mol. The van der Waals surface area contributed by atoms with Gasteiger partial charge in [0.2, 0.25) is 29.5 Å². The number of carboxylic acids is 1. The smallest absolute Gasteiger partial charge is 0.326 e. The molecule has 16 heteroatoms. The molecule has 5 amide bonds. The second-order valence-electron chi connectivity index (χ2n) is 8.20. The second-order valence-corrected chi connectivity index (χ2v) is 9.19. The van der Waals surface area contributed by atoms with Crippen molar-refractivity contribution in [3.8, 4) is 0 Å². The summed E-state index contributed by atoms with van der Waals surface area (Å²) in [6.45, 7) is 0. The fourth-order valence-corrected chi connectivity index (χ4v) is 3.60. The zero-order valence-corrected chi connectivity index (χ0v) is 21.2. The quantitative estimate of drug-likeness (QED) is 0.0937. The molecule has 206 valence electrons. The number of aromatic amines is 1. The molecule has 0 spiro atoms. The van der Waals surface area contributed by atoms with Crippen molar-refractivity contribution in [3.05, 3.63) is 18.2 Å². The fourth-order valence-electron chi connectivity index (χ4n) is 3.13. The number of nitrogens with one attached hydrogen (secondary N) is 4. The Morgan fingerprint density at radius 1 is 0.919 bits per heavy atom. The molecule has 0 bridgehead atoms. The predicted octanol–water partition coefficient (Wildman–Crippen LogP) is -2.90. The molecule has 0 radical (unpaired) electrons. The minimum atomic E-state index is -1.39. The van der Waals surface area contributed by atoms with E-state index in [4.69, 9.17) is 17.2 Å². The van der Waals surface area contributed by atoms with E-state index in [1.165, 1.54) is 24.3 Å². The molecule has 1 aromatic heterocycles. The van der Waals surface area contributed by atoms with Crippen LogP contribution in [-0.2, 0) is 35.2 Å². The molecule has 37 heavy (non-hydrogen) atoms. The van der Waals surface area contributed by atoms with Crippen LogP contribution < -0.4 is 33.2 Å². The van der Waals surface area contributed by atoms with Gasteiger partial charge in [0.05, 0.1) is 12.4 Å². The molecule has 0 saturated carbocycles. The van der Waals surface area contributed by atoms with E-state index in [1.807, 2.05) is 0 Å². The van der Waals surface area contributed by atoms with Crippen LogP contribution in [0.15, 0.2) is 12.5 Å². The van der Waals surface area contributed by atoms with Crippen LogP contribution in [0.1, 0.15) is 37.8 Å². The monoisotopic (exact) mass is 542 g/mol. The standard InChI is InChI=1S/C21H34N8O7S/c1-37-7-6-13(19(33)28-14(21(35)36)3-5-17(24)31)27-20(34)15(8-11-9-25-10-26-11)29-18(32)12(22)2-4-16(23)30/h9-10,12-15H,2-8,22H2,1H3,(H2,23,30)(H2,24,31)(H,25,26)(H,27,34)(H,28,33)(H,29,32)(H,35,36). The number of carbonyl (C=O) groups is 6. The first-order valence-electron chi connectivity index (χ1n) is 11.4. The first-order valence-corrected chi connectivity index (χ1v) is 12.8. The Balaban J connectivity index is 3.01. The number of thioether (sulfide) groups is 1. The van der Waals surface area contributed by atoms with Crippen LogP contribution in [0.2, 0.25) is 0 Å². The van der Waals surface area contributed by atoms with Crippen molar-refractivity contribution in [3.63, 3.8) is 0 Å². The van der Waals surface area contributed by atoms with Crippen LogP contribution >= 0.6 is 11.8 Å². The lowest BCUT2D eigenvalue weighted by Gasteiger charge is -2.25. The van der Waals surface area contributed by atoms with E-state index < -0.39 is 59.7 Å². The Hall–Kier alpha value is -3.66. The minimum Gasteiger partial charge on any atom is -0.480 e. The van der Waals surface area contributed by atoms with Gasteiger partial charge in [-0.25, -0.2) is 9.78 Å². The number of aromatic nitrogens is 2. The van der Waals surface area contributed by atoms with Crippen LogP contribution in [0.4, 0.5) is 0 Å². The first kappa shape index (κ1) is 31.4. The van der Waals surface area contributed by atoms with E-state index in [0.29, 0.717) is 11.4 Å². The third-order valence-electron chi connectivity index (χ3n) is 5.19. The lowest BCUT2D eigenvalue weighted by molar-refractivity contribution is -0.142. The van der Waals surface area contributed by atoms with Crippen molar-refractivity contribution in [2.75, 3.05) is 12.0 Å². The molecule has 0 aliphatic carbocycles. The number of aliphatic carboxylic acids is 1. The normalized spacial score (nSPS) is 14.0. The number of hydrogen-bond donors (Lipinski definition) is 8. The number of nitrogens with two attached hydrogens (primary N) is 3. The van der Waals surface area contributed by atoms with Crippen LogP contribution in [0.3, 0.4) is 0 Å². The van der Waals surface area contributed by atoms with Crippen molar-refractivity contribution in [1.82, 2.24) is 25.9 Å². The van der Waals surface area contributed by atoms with E-state index in [9.17, 15) is 33.9 Å². The zero-order chi connectivity index (χ0) is 28.0. The highest BCUT2D eigenvalue weighted by atomic mass is 32.2. The molecule has 15 nitrogen and oxygen atoms in total. The van der Waals surface area contributed by atoms with Gasteiger partial charge in [0.15, 0.2) is 0 Å². The van der Waals surface area contributed by atoms with E-state index in [2.05, 4.69) is 25.9 Å². The molecule has 4 unspecified atom stereocenters. The largest absolute Gasteiger partial charge is 0.480 e. The van der Waals surface area contributed by atoms with Crippen molar-refractivity contribution in [2.45, 2.75) is 62.7 Å². The van der Waals surface area contributed by atoms with Gasteiger partial charge in [-0.1, -0.05) is 0 Å². The van der Waals surface area contributed by atoms with Gasteiger partial charge in [-0.05, 0) is 31.3 Å². The van der Waals surface area contributed by atoms with Gasteiger partial charge in [0, 0.05) is 31.2 Å². The molecule has 0 aliphatic heterocycles.